The van der Waals surface area contributed by atoms with Gasteiger partial charge in [-0.15, -0.1) is 0 Å². The Kier molecular flexibility index (Phi) is 2.97. The standard InChI is InChI=1S/C12H15BrFNO/c1-7(15)12(5-6-12)10-9(16-2)4-3-8(13)11(10)14/h3-4,7H,5-6,15H2,1-2H3. The van der Waals surface area contributed by atoms with Crippen molar-refractivity contribution in [2.24, 2.45) is 5.73 Å². The summed E-state index contributed by atoms with van der Waals surface area (Å²) in [7, 11) is 1.56. The summed E-state index contributed by atoms with van der Waals surface area (Å²) in [6.07, 6.45) is 1.85. The summed E-state index contributed by atoms with van der Waals surface area (Å²) >= 11 is 3.21. The summed E-state index contributed by atoms with van der Waals surface area (Å²) in [5.41, 5.74) is 6.36. The third kappa shape index (κ3) is 1.64. The monoisotopic (exact) mass is 287 g/mol. The highest BCUT2D eigenvalue weighted by Crippen LogP contribution is 2.54. The minimum atomic E-state index is -0.242. The molecule has 0 spiro atoms. The zero-order valence-electron chi connectivity index (χ0n) is 9.39. The third-order valence-electron chi connectivity index (χ3n) is 3.43. The van der Waals surface area contributed by atoms with Crippen molar-refractivity contribution >= 4 is 15.9 Å². The molecule has 2 N–H and O–H groups in total. The van der Waals surface area contributed by atoms with Crippen LogP contribution < -0.4 is 10.5 Å². The molecule has 4 heteroatoms. The summed E-state index contributed by atoms with van der Waals surface area (Å²) in [6.45, 7) is 1.92. The molecule has 0 saturated heterocycles. The largest absolute Gasteiger partial charge is 0.496 e. The van der Waals surface area contributed by atoms with E-state index >= 15 is 0 Å². The van der Waals surface area contributed by atoms with E-state index < -0.39 is 0 Å². The van der Waals surface area contributed by atoms with E-state index in [0.717, 1.165) is 12.8 Å². The Morgan fingerprint density at radius 3 is 2.56 bits per heavy atom. The van der Waals surface area contributed by atoms with Crippen molar-refractivity contribution in [3.8, 4) is 5.75 Å². The van der Waals surface area contributed by atoms with Gasteiger partial charge in [-0.05, 0) is 47.8 Å². The average molecular weight is 288 g/mol. The van der Waals surface area contributed by atoms with Gasteiger partial charge in [-0.3, -0.25) is 0 Å². The van der Waals surface area contributed by atoms with Crippen molar-refractivity contribution in [1.82, 2.24) is 0 Å². The highest BCUT2D eigenvalue weighted by Gasteiger charge is 2.51. The Labute approximate surface area is 103 Å². The van der Waals surface area contributed by atoms with Gasteiger partial charge in [-0.1, -0.05) is 0 Å². The molecule has 1 aromatic carbocycles. The lowest BCUT2D eigenvalue weighted by molar-refractivity contribution is 0.389. The Hall–Kier alpha value is -0.610. The number of nitrogens with two attached hydrogens (primary N) is 1. The maximum absolute atomic E-state index is 14.2. The lowest BCUT2D eigenvalue weighted by Crippen LogP contribution is -2.32. The molecular formula is C12H15BrFNO. The lowest BCUT2D eigenvalue weighted by atomic mass is 9.88. The van der Waals surface area contributed by atoms with E-state index in [2.05, 4.69) is 15.9 Å². The second kappa shape index (κ2) is 4.00. The van der Waals surface area contributed by atoms with Crippen molar-refractivity contribution in [3.05, 3.63) is 28.0 Å². The molecule has 1 fully saturated rings. The van der Waals surface area contributed by atoms with E-state index in [0.29, 0.717) is 15.8 Å². The van der Waals surface area contributed by atoms with Gasteiger partial charge in [-0.25, -0.2) is 4.39 Å². The molecule has 1 aliphatic carbocycles. The van der Waals surface area contributed by atoms with Crippen molar-refractivity contribution in [2.45, 2.75) is 31.2 Å². The number of halogens is 2. The van der Waals surface area contributed by atoms with Gasteiger partial charge in [0.05, 0.1) is 11.6 Å². The minimum absolute atomic E-state index is 0.0646. The summed E-state index contributed by atoms with van der Waals surface area (Å²) in [6, 6.07) is 3.38. The van der Waals surface area contributed by atoms with Crippen LogP contribution in [-0.4, -0.2) is 13.2 Å². The van der Waals surface area contributed by atoms with E-state index in [4.69, 9.17) is 10.5 Å². The van der Waals surface area contributed by atoms with Crippen molar-refractivity contribution < 1.29 is 9.13 Å². The average Bonchev–Trinajstić information content (AvgIpc) is 3.03. The molecule has 2 nitrogen and oxygen atoms in total. The number of hydrogen-bond donors (Lipinski definition) is 1. The van der Waals surface area contributed by atoms with Crippen LogP contribution >= 0.6 is 15.9 Å². The predicted molar refractivity (Wildman–Crippen MR) is 65.2 cm³/mol. The van der Waals surface area contributed by atoms with Crippen molar-refractivity contribution in [3.63, 3.8) is 0 Å². The molecule has 1 atom stereocenters. The van der Waals surface area contributed by atoms with E-state index in [-0.39, 0.29) is 17.3 Å². The molecule has 1 aromatic rings. The molecule has 0 amide bonds. The molecular weight excluding hydrogens is 273 g/mol. The molecule has 16 heavy (non-hydrogen) atoms. The highest BCUT2D eigenvalue weighted by atomic mass is 79.9. The van der Waals surface area contributed by atoms with Crippen LogP contribution in [0.2, 0.25) is 0 Å². The Balaban J connectivity index is 2.58. The van der Waals surface area contributed by atoms with E-state index in [9.17, 15) is 4.39 Å². The molecule has 0 aromatic heterocycles. The van der Waals surface area contributed by atoms with Gasteiger partial charge in [-0.2, -0.15) is 0 Å². The first kappa shape index (κ1) is 11.9. The van der Waals surface area contributed by atoms with Crippen LogP contribution in [0, 0.1) is 5.82 Å². The molecule has 0 aliphatic heterocycles. The maximum Gasteiger partial charge on any atom is 0.144 e. The Morgan fingerprint density at radius 1 is 1.50 bits per heavy atom. The van der Waals surface area contributed by atoms with Crippen LogP contribution in [0.1, 0.15) is 25.3 Å². The van der Waals surface area contributed by atoms with Crippen LogP contribution in [0.3, 0.4) is 0 Å². The van der Waals surface area contributed by atoms with Crippen LogP contribution in [-0.2, 0) is 5.41 Å². The summed E-state index contributed by atoms with van der Waals surface area (Å²) in [4.78, 5) is 0. The van der Waals surface area contributed by atoms with Crippen LogP contribution in [0.4, 0.5) is 4.39 Å². The van der Waals surface area contributed by atoms with Gasteiger partial charge in [0.15, 0.2) is 0 Å². The molecule has 0 heterocycles. The van der Waals surface area contributed by atoms with Crippen LogP contribution in [0.25, 0.3) is 0 Å². The highest BCUT2D eigenvalue weighted by molar-refractivity contribution is 9.10. The SMILES string of the molecule is COc1ccc(Br)c(F)c1C1(C(C)N)CC1. The third-order valence-corrected chi connectivity index (χ3v) is 4.05. The van der Waals surface area contributed by atoms with Crippen molar-refractivity contribution in [2.75, 3.05) is 7.11 Å². The molecule has 0 radical (unpaired) electrons. The number of methoxy groups -OCH3 is 1. The minimum Gasteiger partial charge on any atom is -0.496 e. The second-order valence-electron chi connectivity index (χ2n) is 4.38. The molecule has 1 aliphatic rings. The normalized spacial score (nSPS) is 19.3. The second-order valence-corrected chi connectivity index (χ2v) is 5.24. The molecule has 1 unspecified atom stereocenters. The van der Waals surface area contributed by atoms with E-state index in [1.165, 1.54) is 0 Å². The summed E-state index contributed by atoms with van der Waals surface area (Å²) in [5.74, 6) is 0.352. The first-order valence-electron chi connectivity index (χ1n) is 5.31. The lowest BCUT2D eigenvalue weighted by Gasteiger charge is -2.23. The summed E-state index contributed by atoms with van der Waals surface area (Å²) in [5, 5.41) is 0. The number of ether oxygens (including phenoxy) is 1. The molecule has 88 valence electrons. The fraction of sp³-hybridized carbons (Fsp3) is 0.500. The molecule has 0 bridgehead atoms. The van der Waals surface area contributed by atoms with Gasteiger partial charge in [0.1, 0.15) is 11.6 Å². The molecule has 2 rings (SSSR count). The van der Waals surface area contributed by atoms with Gasteiger partial charge in [0.25, 0.3) is 0 Å². The number of benzene rings is 1. The topological polar surface area (TPSA) is 35.2 Å². The molecule has 1 saturated carbocycles. The van der Waals surface area contributed by atoms with E-state index in [1.807, 2.05) is 6.92 Å². The van der Waals surface area contributed by atoms with Crippen LogP contribution in [0.5, 0.6) is 5.75 Å². The van der Waals surface area contributed by atoms with E-state index in [1.54, 1.807) is 19.2 Å². The van der Waals surface area contributed by atoms with Gasteiger partial charge in [0.2, 0.25) is 0 Å². The summed E-state index contributed by atoms with van der Waals surface area (Å²) < 4.78 is 19.9. The fourth-order valence-corrected chi connectivity index (χ4v) is 2.57. The fourth-order valence-electron chi connectivity index (χ4n) is 2.23. The smallest absolute Gasteiger partial charge is 0.144 e. The van der Waals surface area contributed by atoms with Gasteiger partial charge >= 0.3 is 0 Å². The predicted octanol–water partition coefficient (Wildman–Crippen LogP) is 2.98. The van der Waals surface area contributed by atoms with Crippen LogP contribution in [0.15, 0.2) is 16.6 Å². The number of rotatable bonds is 3. The number of hydrogen-bond acceptors (Lipinski definition) is 2. The Morgan fingerprint density at radius 2 is 2.12 bits per heavy atom. The maximum atomic E-state index is 14.2. The zero-order chi connectivity index (χ0) is 11.9. The van der Waals surface area contributed by atoms with Gasteiger partial charge in [0, 0.05) is 17.0 Å². The quantitative estimate of drug-likeness (QED) is 0.928. The first-order chi connectivity index (χ1) is 7.53. The first-order valence-corrected chi connectivity index (χ1v) is 6.10. The zero-order valence-corrected chi connectivity index (χ0v) is 11.0. The van der Waals surface area contributed by atoms with Crippen molar-refractivity contribution in [1.29, 1.82) is 0 Å². The Bertz CT molecular complexity index is 416. The van der Waals surface area contributed by atoms with Gasteiger partial charge < -0.3 is 10.5 Å².